The molecule has 0 bridgehead atoms. The molecule has 0 aromatic carbocycles. The van der Waals surface area contributed by atoms with E-state index in [1.807, 2.05) is 0 Å². The van der Waals surface area contributed by atoms with Crippen molar-refractivity contribution in [2.75, 3.05) is 6.54 Å². The zero-order valence-corrected chi connectivity index (χ0v) is 9.76. The third kappa shape index (κ3) is 1.26. The van der Waals surface area contributed by atoms with Gasteiger partial charge in [0.15, 0.2) is 5.03 Å². The Kier molecular flexibility index (Phi) is 2.12. The summed E-state index contributed by atoms with van der Waals surface area (Å²) in [5.41, 5.74) is -0.00998. The van der Waals surface area contributed by atoms with E-state index in [0.29, 0.717) is 0 Å². The van der Waals surface area contributed by atoms with Gasteiger partial charge in [0, 0.05) is 12.0 Å². The van der Waals surface area contributed by atoms with Crippen LogP contribution in [0.25, 0.3) is 0 Å². The van der Waals surface area contributed by atoms with E-state index in [9.17, 15) is 8.42 Å². The minimum atomic E-state index is -3.28. The number of nitrogens with one attached hydrogen (secondary N) is 2. The van der Waals surface area contributed by atoms with Crippen molar-refractivity contribution in [2.45, 2.75) is 36.1 Å². The molecule has 0 radical (unpaired) electrons. The summed E-state index contributed by atoms with van der Waals surface area (Å²) in [5.74, 6) is 0. The molecule has 88 valence electrons. The molecule has 1 unspecified atom stereocenters. The van der Waals surface area contributed by atoms with Gasteiger partial charge in [-0.2, -0.15) is 5.10 Å². The fourth-order valence-electron chi connectivity index (χ4n) is 2.96. The van der Waals surface area contributed by atoms with E-state index in [1.54, 1.807) is 0 Å². The van der Waals surface area contributed by atoms with Crippen LogP contribution in [0.5, 0.6) is 0 Å². The predicted octanol–water partition coefficient (Wildman–Crippen LogP) is 0.673. The van der Waals surface area contributed by atoms with Crippen molar-refractivity contribution in [1.29, 1.82) is 0 Å². The maximum atomic E-state index is 12.3. The van der Waals surface area contributed by atoms with Crippen molar-refractivity contribution < 1.29 is 8.42 Å². The first-order valence-corrected chi connectivity index (χ1v) is 7.16. The lowest BCUT2D eigenvalue weighted by molar-refractivity contribution is 0.143. The molecule has 1 aliphatic heterocycles. The maximum Gasteiger partial charge on any atom is 0.211 e. The lowest BCUT2D eigenvalue weighted by atomic mass is 9.80. The number of H-pyrrole nitrogens is 1. The van der Waals surface area contributed by atoms with E-state index in [2.05, 4.69) is 15.5 Å². The van der Waals surface area contributed by atoms with Gasteiger partial charge in [-0.1, -0.05) is 12.8 Å². The molecule has 16 heavy (non-hydrogen) atoms. The highest BCUT2D eigenvalue weighted by Crippen LogP contribution is 2.48. The maximum absolute atomic E-state index is 12.3. The molecular weight excluding hydrogens is 226 g/mol. The second kappa shape index (κ2) is 3.30. The van der Waals surface area contributed by atoms with Crippen molar-refractivity contribution in [1.82, 2.24) is 15.5 Å². The van der Waals surface area contributed by atoms with Gasteiger partial charge in [-0.15, -0.1) is 0 Å². The summed E-state index contributed by atoms with van der Waals surface area (Å²) in [4.78, 5) is 0. The summed E-state index contributed by atoms with van der Waals surface area (Å²) in [5, 5.41) is 9.16. The number of aromatic amines is 1. The van der Waals surface area contributed by atoms with Gasteiger partial charge < -0.3 is 0 Å². The lowest BCUT2D eigenvalue weighted by Gasteiger charge is -2.47. The monoisotopic (exact) mass is 241 g/mol. The molecule has 1 aromatic heterocycles. The van der Waals surface area contributed by atoms with Gasteiger partial charge in [0.1, 0.15) is 5.37 Å². The molecular formula is C10H15N3O2S. The Balaban J connectivity index is 1.94. The molecule has 1 aliphatic carbocycles. The molecule has 5 nitrogen and oxygen atoms in total. The summed E-state index contributed by atoms with van der Waals surface area (Å²) in [6.07, 6.45) is 5.83. The number of hydrogen-bond donors (Lipinski definition) is 2. The Hall–Kier alpha value is -0.880. The number of aromatic nitrogens is 2. The minimum absolute atomic E-state index is 0.00998. The van der Waals surface area contributed by atoms with Crippen LogP contribution in [-0.2, 0) is 9.84 Å². The smallest absolute Gasteiger partial charge is 0.211 e. The van der Waals surface area contributed by atoms with E-state index in [-0.39, 0.29) is 10.4 Å². The van der Waals surface area contributed by atoms with Crippen LogP contribution in [-0.4, -0.2) is 30.5 Å². The van der Waals surface area contributed by atoms with Crippen molar-refractivity contribution in [3.8, 4) is 0 Å². The third-order valence-corrected chi connectivity index (χ3v) is 6.01. The Morgan fingerprint density at radius 3 is 2.62 bits per heavy atom. The van der Waals surface area contributed by atoms with Gasteiger partial charge in [-0.3, -0.25) is 10.4 Å². The summed E-state index contributed by atoms with van der Waals surface area (Å²) < 4.78 is 24.6. The standard InChI is InChI=1S/C10H15N3O2S/c14-16(15,8-3-6-12-13-8)9-10(7-11-9)4-1-2-5-10/h3,6,9,11H,1-2,4-5,7H2,(H,12,13). The Bertz CT molecular complexity index is 474. The van der Waals surface area contributed by atoms with Gasteiger partial charge in [0.2, 0.25) is 9.84 Å². The normalized spacial score (nSPS) is 28.1. The molecule has 1 spiro atoms. The van der Waals surface area contributed by atoms with E-state index in [0.717, 1.165) is 32.2 Å². The Morgan fingerprint density at radius 1 is 1.38 bits per heavy atom. The SMILES string of the molecule is O=S(=O)(c1ccn[nH]1)C1NCC12CCCC2. The molecule has 1 atom stereocenters. The number of nitrogens with zero attached hydrogens (tertiary/aromatic N) is 1. The topological polar surface area (TPSA) is 74.8 Å². The van der Waals surface area contributed by atoms with Crippen LogP contribution in [0.2, 0.25) is 0 Å². The minimum Gasteiger partial charge on any atom is -0.300 e. The summed E-state index contributed by atoms with van der Waals surface area (Å²) >= 11 is 0. The molecule has 1 saturated carbocycles. The van der Waals surface area contributed by atoms with E-state index < -0.39 is 15.2 Å². The van der Waals surface area contributed by atoms with Crippen LogP contribution in [0.3, 0.4) is 0 Å². The first-order chi connectivity index (χ1) is 7.65. The quantitative estimate of drug-likeness (QED) is 0.798. The first-order valence-electron chi connectivity index (χ1n) is 5.62. The van der Waals surface area contributed by atoms with Gasteiger partial charge in [0.25, 0.3) is 0 Å². The molecule has 1 aromatic rings. The average Bonchev–Trinajstić information content (AvgIpc) is 2.89. The summed E-state index contributed by atoms with van der Waals surface area (Å²) in [7, 11) is -3.28. The molecule has 6 heteroatoms. The van der Waals surface area contributed by atoms with Gasteiger partial charge in [-0.25, -0.2) is 8.42 Å². The molecule has 2 aliphatic rings. The van der Waals surface area contributed by atoms with Crippen LogP contribution >= 0.6 is 0 Å². The fourth-order valence-corrected chi connectivity index (χ4v) is 4.92. The number of rotatable bonds is 2. The Morgan fingerprint density at radius 2 is 2.12 bits per heavy atom. The number of hydrogen-bond acceptors (Lipinski definition) is 4. The van der Waals surface area contributed by atoms with Crippen molar-refractivity contribution >= 4 is 9.84 Å². The van der Waals surface area contributed by atoms with Gasteiger partial charge >= 0.3 is 0 Å². The van der Waals surface area contributed by atoms with Crippen LogP contribution in [0.4, 0.5) is 0 Å². The van der Waals surface area contributed by atoms with Crippen LogP contribution < -0.4 is 5.32 Å². The van der Waals surface area contributed by atoms with Crippen molar-refractivity contribution in [3.05, 3.63) is 12.3 Å². The summed E-state index contributed by atoms with van der Waals surface area (Å²) in [6, 6.07) is 1.53. The molecule has 2 heterocycles. The molecule has 3 rings (SSSR count). The van der Waals surface area contributed by atoms with Crippen LogP contribution in [0, 0.1) is 5.41 Å². The molecule has 1 saturated heterocycles. The van der Waals surface area contributed by atoms with Gasteiger partial charge in [-0.05, 0) is 18.9 Å². The third-order valence-electron chi connectivity index (χ3n) is 3.89. The van der Waals surface area contributed by atoms with E-state index >= 15 is 0 Å². The Labute approximate surface area is 94.5 Å². The van der Waals surface area contributed by atoms with E-state index in [4.69, 9.17) is 0 Å². The first kappa shape index (κ1) is 10.3. The predicted molar refractivity (Wildman–Crippen MR) is 58.5 cm³/mol. The highest BCUT2D eigenvalue weighted by atomic mass is 32.2. The molecule has 2 N–H and O–H groups in total. The summed E-state index contributed by atoms with van der Waals surface area (Å²) in [6.45, 7) is 0.838. The zero-order chi connectivity index (χ0) is 11.2. The highest BCUT2D eigenvalue weighted by Gasteiger charge is 2.54. The van der Waals surface area contributed by atoms with Crippen LogP contribution in [0.1, 0.15) is 25.7 Å². The molecule has 2 fully saturated rings. The number of sulfone groups is 1. The van der Waals surface area contributed by atoms with Crippen LogP contribution in [0.15, 0.2) is 17.3 Å². The average molecular weight is 241 g/mol. The zero-order valence-electron chi connectivity index (χ0n) is 8.94. The van der Waals surface area contributed by atoms with Crippen molar-refractivity contribution in [2.24, 2.45) is 5.41 Å². The highest BCUT2D eigenvalue weighted by molar-refractivity contribution is 7.92. The lowest BCUT2D eigenvalue weighted by Crippen LogP contribution is -2.64. The van der Waals surface area contributed by atoms with Crippen molar-refractivity contribution in [3.63, 3.8) is 0 Å². The fraction of sp³-hybridized carbons (Fsp3) is 0.700. The largest absolute Gasteiger partial charge is 0.300 e. The van der Waals surface area contributed by atoms with E-state index in [1.165, 1.54) is 12.3 Å². The molecule has 0 amide bonds. The second-order valence-corrected chi connectivity index (χ2v) is 6.80. The van der Waals surface area contributed by atoms with Gasteiger partial charge in [0.05, 0.1) is 6.20 Å². The second-order valence-electron chi connectivity index (χ2n) is 4.80.